The van der Waals surface area contributed by atoms with Crippen LogP contribution in [0.3, 0.4) is 0 Å². The van der Waals surface area contributed by atoms with Crippen LogP contribution >= 0.6 is 11.6 Å². The fraction of sp³-hybridized carbons (Fsp3) is 0.500. The second kappa shape index (κ2) is 6.57. The van der Waals surface area contributed by atoms with Gasteiger partial charge in [-0.1, -0.05) is 12.1 Å². The first-order chi connectivity index (χ1) is 9.59. The number of nitriles is 1. The Kier molecular flexibility index (Phi) is 5.03. The summed E-state index contributed by atoms with van der Waals surface area (Å²) in [5, 5.41) is 8.67. The first-order valence-electron chi connectivity index (χ1n) is 6.63. The van der Waals surface area contributed by atoms with Crippen LogP contribution in [-0.2, 0) is 16.4 Å². The Labute approximate surface area is 125 Å². The molecular formula is C14H17ClN2O2S. The fourth-order valence-corrected chi connectivity index (χ4v) is 4.00. The van der Waals surface area contributed by atoms with E-state index in [0.29, 0.717) is 10.8 Å². The van der Waals surface area contributed by atoms with E-state index in [9.17, 15) is 8.42 Å². The van der Waals surface area contributed by atoms with Gasteiger partial charge in [0.15, 0.2) is 0 Å². The molecule has 0 unspecified atom stereocenters. The second-order valence-corrected chi connectivity index (χ2v) is 7.11. The summed E-state index contributed by atoms with van der Waals surface area (Å²) in [7, 11) is -3.49. The fourth-order valence-electron chi connectivity index (χ4n) is 2.09. The lowest BCUT2D eigenvalue weighted by Crippen LogP contribution is -2.33. The van der Waals surface area contributed by atoms with E-state index in [1.165, 1.54) is 4.31 Å². The maximum absolute atomic E-state index is 12.6. The van der Waals surface area contributed by atoms with Crippen molar-refractivity contribution in [2.75, 3.05) is 12.4 Å². The van der Waals surface area contributed by atoms with Gasteiger partial charge in [0, 0.05) is 24.9 Å². The molecule has 6 heteroatoms. The normalized spacial score (nSPS) is 15.2. The third-order valence-electron chi connectivity index (χ3n) is 3.31. The predicted octanol–water partition coefficient (Wildman–Crippen LogP) is 2.53. The molecule has 0 atom stereocenters. The lowest BCUT2D eigenvalue weighted by molar-refractivity contribution is 0.411. The Morgan fingerprint density at radius 3 is 2.45 bits per heavy atom. The third-order valence-corrected chi connectivity index (χ3v) is 5.47. The molecule has 4 nitrogen and oxygen atoms in total. The van der Waals surface area contributed by atoms with Gasteiger partial charge in [0.1, 0.15) is 0 Å². The van der Waals surface area contributed by atoms with Crippen LogP contribution in [0.4, 0.5) is 0 Å². The van der Waals surface area contributed by atoms with Gasteiger partial charge in [0.2, 0.25) is 10.0 Å². The second-order valence-electron chi connectivity index (χ2n) is 4.84. The Bertz CT molecular complexity index is 589. The smallest absolute Gasteiger partial charge is 0.207 e. The van der Waals surface area contributed by atoms with Gasteiger partial charge in [0.05, 0.1) is 11.0 Å². The molecule has 0 heterocycles. The molecule has 0 aromatic heterocycles. The largest absolute Gasteiger partial charge is 0.243 e. The molecule has 1 aromatic carbocycles. The van der Waals surface area contributed by atoms with Crippen molar-refractivity contribution in [3.63, 3.8) is 0 Å². The minimum atomic E-state index is -3.49. The van der Waals surface area contributed by atoms with Gasteiger partial charge in [-0.15, -0.1) is 11.6 Å². The summed E-state index contributed by atoms with van der Waals surface area (Å²) < 4.78 is 26.6. The number of alkyl halides is 1. The standard InChI is InChI=1S/C14H17ClN2O2S/c15-9-8-12-2-6-14(7-3-12)20(18,19)17(11-1-10-16)13-4-5-13/h2-3,6-7,13H,1,4-5,8-9,11H2. The molecule has 1 aromatic rings. The van der Waals surface area contributed by atoms with Crippen molar-refractivity contribution in [1.29, 1.82) is 5.26 Å². The summed E-state index contributed by atoms with van der Waals surface area (Å²) in [5.74, 6) is 0.516. The minimum Gasteiger partial charge on any atom is -0.207 e. The SMILES string of the molecule is N#CCCN(C1CC1)S(=O)(=O)c1ccc(CCCl)cc1. The summed E-state index contributed by atoms with van der Waals surface area (Å²) in [5.41, 5.74) is 1.02. The summed E-state index contributed by atoms with van der Waals surface area (Å²) in [6.45, 7) is 0.271. The van der Waals surface area contributed by atoms with Crippen LogP contribution < -0.4 is 0 Å². The van der Waals surface area contributed by atoms with Crippen LogP contribution in [0.25, 0.3) is 0 Å². The lowest BCUT2D eigenvalue weighted by atomic mass is 10.2. The monoisotopic (exact) mass is 312 g/mol. The molecule has 0 saturated heterocycles. The van der Waals surface area contributed by atoms with Gasteiger partial charge in [-0.3, -0.25) is 0 Å². The highest BCUT2D eigenvalue weighted by molar-refractivity contribution is 7.89. The van der Waals surface area contributed by atoms with Gasteiger partial charge >= 0.3 is 0 Å². The van der Waals surface area contributed by atoms with Gasteiger partial charge < -0.3 is 0 Å². The molecule has 1 aliphatic rings. The molecular weight excluding hydrogens is 296 g/mol. The maximum Gasteiger partial charge on any atom is 0.243 e. The van der Waals surface area contributed by atoms with E-state index in [4.69, 9.17) is 16.9 Å². The lowest BCUT2D eigenvalue weighted by Gasteiger charge is -2.20. The number of sulfonamides is 1. The van der Waals surface area contributed by atoms with Crippen LogP contribution in [0.15, 0.2) is 29.2 Å². The quantitative estimate of drug-likeness (QED) is 0.727. The van der Waals surface area contributed by atoms with Crippen molar-refractivity contribution in [2.45, 2.75) is 36.6 Å². The molecule has 1 fully saturated rings. The highest BCUT2D eigenvalue weighted by Crippen LogP contribution is 2.32. The van der Waals surface area contributed by atoms with E-state index in [-0.39, 0.29) is 19.0 Å². The first kappa shape index (κ1) is 15.3. The summed E-state index contributed by atoms with van der Waals surface area (Å²) in [6, 6.07) is 8.92. The van der Waals surface area contributed by atoms with Crippen molar-refractivity contribution in [2.24, 2.45) is 0 Å². The predicted molar refractivity (Wildman–Crippen MR) is 78.0 cm³/mol. The van der Waals surface area contributed by atoms with Crippen molar-refractivity contribution in [3.05, 3.63) is 29.8 Å². The van der Waals surface area contributed by atoms with Crippen LogP contribution in [0, 0.1) is 11.3 Å². The van der Waals surface area contributed by atoms with Gasteiger partial charge in [-0.2, -0.15) is 9.57 Å². The van der Waals surface area contributed by atoms with E-state index in [1.54, 1.807) is 24.3 Å². The molecule has 1 aliphatic carbocycles. The van der Waals surface area contributed by atoms with Crippen molar-refractivity contribution < 1.29 is 8.42 Å². The number of halogens is 1. The molecule has 1 saturated carbocycles. The molecule has 0 aliphatic heterocycles. The van der Waals surface area contributed by atoms with Crippen LogP contribution in [0.1, 0.15) is 24.8 Å². The zero-order chi connectivity index (χ0) is 14.6. The summed E-state index contributed by atoms with van der Waals surface area (Å²) in [6.07, 6.45) is 2.71. The molecule has 0 bridgehead atoms. The zero-order valence-electron chi connectivity index (χ0n) is 11.1. The molecule has 0 amide bonds. The molecule has 0 N–H and O–H groups in total. The number of hydrogen-bond acceptors (Lipinski definition) is 3. The van der Waals surface area contributed by atoms with Crippen molar-refractivity contribution in [3.8, 4) is 6.07 Å². The van der Waals surface area contributed by atoms with Crippen LogP contribution in [-0.4, -0.2) is 31.2 Å². The van der Waals surface area contributed by atoms with E-state index in [0.717, 1.165) is 24.8 Å². The number of benzene rings is 1. The van der Waals surface area contributed by atoms with Crippen molar-refractivity contribution >= 4 is 21.6 Å². The van der Waals surface area contributed by atoms with E-state index >= 15 is 0 Å². The van der Waals surface area contributed by atoms with Gasteiger partial charge in [-0.05, 0) is 37.0 Å². The molecule has 0 radical (unpaired) electrons. The highest BCUT2D eigenvalue weighted by Gasteiger charge is 2.37. The average molecular weight is 313 g/mol. The first-order valence-corrected chi connectivity index (χ1v) is 8.60. The molecule has 108 valence electrons. The van der Waals surface area contributed by atoms with E-state index in [2.05, 4.69) is 0 Å². The van der Waals surface area contributed by atoms with E-state index < -0.39 is 10.0 Å². The van der Waals surface area contributed by atoms with Crippen molar-refractivity contribution in [1.82, 2.24) is 4.31 Å². The van der Waals surface area contributed by atoms with Crippen LogP contribution in [0.2, 0.25) is 0 Å². The maximum atomic E-state index is 12.6. The molecule has 20 heavy (non-hydrogen) atoms. The Morgan fingerprint density at radius 2 is 1.95 bits per heavy atom. The number of rotatable bonds is 7. The highest BCUT2D eigenvalue weighted by atomic mass is 35.5. The Hall–Kier alpha value is -1.09. The summed E-state index contributed by atoms with van der Waals surface area (Å²) >= 11 is 5.67. The number of nitrogens with zero attached hydrogens (tertiary/aromatic N) is 2. The number of hydrogen-bond donors (Lipinski definition) is 0. The Balaban J connectivity index is 2.21. The Morgan fingerprint density at radius 1 is 1.30 bits per heavy atom. The summed E-state index contributed by atoms with van der Waals surface area (Å²) in [4.78, 5) is 0.292. The zero-order valence-corrected chi connectivity index (χ0v) is 12.7. The third kappa shape index (κ3) is 3.51. The topological polar surface area (TPSA) is 61.2 Å². The minimum absolute atomic E-state index is 0.0656. The number of aryl methyl sites for hydroxylation is 1. The molecule has 2 rings (SSSR count). The van der Waals surface area contributed by atoms with Crippen LogP contribution in [0.5, 0.6) is 0 Å². The molecule has 0 spiro atoms. The van der Waals surface area contributed by atoms with Gasteiger partial charge in [-0.25, -0.2) is 8.42 Å². The van der Waals surface area contributed by atoms with Gasteiger partial charge in [0.25, 0.3) is 0 Å². The van der Waals surface area contributed by atoms with E-state index in [1.807, 2.05) is 6.07 Å². The average Bonchev–Trinajstić information content (AvgIpc) is 3.24.